The first-order valence-electron chi connectivity index (χ1n) is 11.2. The molecule has 4 aromatic carbocycles. The number of hydrogen-bond acceptors (Lipinski definition) is 6. The SMILES string of the molecule is O=C(N/N=C/c1cc(Br)ccc1OCc1ccc([N+](=O)[O-])cc1)c1ccccc1OCc1ccccc1. The van der Waals surface area contributed by atoms with E-state index in [1.807, 2.05) is 36.4 Å². The van der Waals surface area contributed by atoms with E-state index in [-0.39, 0.29) is 12.3 Å². The van der Waals surface area contributed by atoms with Gasteiger partial charge in [0.1, 0.15) is 24.7 Å². The number of halogens is 1. The fourth-order valence-electron chi connectivity index (χ4n) is 3.36. The number of nitrogens with zero attached hydrogens (tertiary/aromatic N) is 2. The van der Waals surface area contributed by atoms with Gasteiger partial charge < -0.3 is 9.47 Å². The number of benzene rings is 4. The minimum absolute atomic E-state index is 0.0167. The fourth-order valence-corrected chi connectivity index (χ4v) is 3.74. The van der Waals surface area contributed by atoms with Crippen LogP contribution in [0.5, 0.6) is 11.5 Å². The molecule has 186 valence electrons. The van der Waals surface area contributed by atoms with Crippen LogP contribution in [0.3, 0.4) is 0 Å². The molecule has 0 aromatic heterocycles. The monoisotopic (exact) mass is 559 g/mol. The Morgan fingerprint density at radius 1 is 0.865 bits per heavy atom. The molecule has 4 aromatic rings. The van der Waals surface area contributed by atoms with Crippen molar-refractivity contribution in [3.05, 3.63) is 134 Å². The minimum Gasteiger partial charge on any atom is -0.488 e. The van der Waals surface area contributed by atoms with Gasteiger partial charge in [0.25, 0.3) is 11.6 Å². The fraction of sp³-hybridized carbons (Fsp3) is 0.0714. The van der Waals surface area contributed by atoms with Crippen molar-refractivity contribution in [2.45, 2.75) is 13.2 Å². The van der Waals surface area contributed by atoms with Crippen LogP contribution in [0.15, 0.2) is 107 Å². The second-order valence-corrected chi connectivity index (χ2v) is 8.78. The average Bonchev–Trinajstić information content (AvgIpc) is 2.92. The molecule has 4 rings (SSSR count). The Morgan fingerprint density at radius 2 is 1.51 bits per heavy atom. The Kier molecular flexibility index (Phi) is 8.62. The smallest absolute Gasteiger partial charge is 0.275 e. The van der Waals surface area contributed by atoms with E-state index in [0.29, 0.717) is 29.2 Å². The van der Waals surface area contributed by atoms with E-state index in [1.165, 1.54) is 18.3 Å². The molecule has 0 fully saturated rings. The van der Waals surface area contributed by atoms with Crippen LogP contribution in [0, 0.1) is 10.1 Å². The van der Waals surface area contributed by atoms with Crippen LogP contribution in [0.25, 0.3) is 0 Å². The number of carbonyl (C=O) groups excluding carboxylic acids is 1. The maximum atomic E-state index is 12.8. The lowest BCUT2D eigenvalue weighted by Crippen LogP contribution is -2.18. The van der Waals surface area contributed by atoms with E-state index in [0.717, 1.165) is 15.6 Å². The third-order valence-electron chi connectivity index (χ3n) is 5.25. The molecule has 8 nitrogen and oxygen atoms in total. The molecule has 0 spiro atoms. The summed E-state index contributed by atoms with van der Waals surface area (Å²) in [7, 11) is 0. The maximum absolute atomic E-state index is 12.8. The van der Waals surface area contributed by atoms with Crippen molar-refractivity contribution in [1.29, 1.82) is 0 Å². The maximum Gasteiger partial charge on any atom is 0.275 e. The largest absolute Gasteiger partial charge is 0.488 e. The summed E-state index contributed by atoms with van der Waals surface area (Å²) in [6, 6.07) is 28.2. The number of nitrogens with one attached hydrogen (secondary N) is 1. The van der Waals surface area contributed by atoms with Crippen molar-refractivity contribution in [2.24, 2.45) is 5.10 Å². The summed E-state index contributed by atoms with van der Waals surface area (Å²) in [5.41, 5.74) is 5.31. The van der Waals surface area contributed by atoms with E-state index in [9.17, 15) is 14.9 Å². The normalized spacial score (nSPS) is 10.7. The van der Waals surface area contributed by atoms with Gasteiger partial charge in [0.05, 0.1) is 16.7 Å². The summed E-state index contributed by atoms with van der Waals surface area (Å²) < 4.78 is 12.6. The predicted octanol–water partition coefficient (Wildman–Crippen LogP) is 6.28. The quantitative estimate of drug-likeness (QED) is 0.140. The number of rotatable bonds is 10. The van der Waals surface area contributed by atoms with Crippen LogP contribution in [-0.2, 0) is 13.2 Å². The van der Waals surface area contributed by atoms with E-state index in [1.54, 1.807) is 48.5 Å². The van der Waals surface area contributed by atoms with Crippen LogP contribution in [0.1, 0.15) is 27.0 Å². The van der Waals surface area contributed by atoms with Gasteiger partial charge >= 0.3 is 0 Å². The Labute approximate surface area is 221 Å². The third-order valence-corrected chi connectivity index (χ3v) is 5.75. The number of nitro groups is 1. The first kappa shape index (κ1) is 25.6. The molecule has 0 radical (unpaired) electrons. The Bertz CT molecular complexity index is 1410. The first-order valence-corrected chi connectivity index (χ1v) is 12.0. The lowest BCUT2D eigenvalue weighted by atomic mass is 10.2. The lowest BCUT2D eigenvalue weighted by molar-refractivity contribution is -0.384. The van der Waals surface area contributed by atoms with Crippen molar-refractivity contribution in [3.8, 4) is 11.5 Å². The van der Waals surface area contributed by atoms with Crippen molar-refractivity contribution >= 4 is 33.7 Å². The zero-order valence-electron chi connectivity index (χ0n) is 19.5. The highest BCUT2D eigenvalue weighted by atomic mass is 79.9. The van der Waals surface area contributed by atoms with E-state index < -0.39 is 10.8 Å². The number of nitro benzene ring substituents is 1. The summed E-state index contributed by atoms with van der Waals surface area (Å²) in [6.45, 7) is 0.543. The van der Waals surface area contributed by atoms with Crippen LogP contribution in [-0.4, -0.2) is 17.0 Å². The van der Waals surface area contributed by atoms with E-state index in [2.05, 4.69) is 26.5 Å². The average molecular weight is 560 g/mol. The Hall–Kier alpha value is -4.50. The van der Waals surface area contributed by atoms with Crippen LogP contribution in [0.2, 0.25) is 0 Å². The topological polar surface area (TPSA) is 103 Å². The van der Waals surface area contributed by atoms with E-state index >= 15 is 0 Å². The summed E-state index contributed by atoms with van der Waals surface area (Å²) in [5, 5.41) is 14.9. The standard InChI is InChI=1S/C28H22BrN3O5/c29-23-12-15-26(36-19-21-10-13-24(14-11-21)32(34)35)22(16-23)17-30-31-28(33)25-8-4-5-9-27(25)37-18-20-6-2-1-3-7-20/h1-17H,18-19H2,(H,31,33)/b30-17+. The van der Waals surface area contributed by atoms with Crippen LogP contribution in [0.4, 0.5) is 5.69 Å². The Morgan fingerprint density at radius 3 is 2.24 bits per heavy atom. The number of ether oxygens (including phenoxy) is 2. The molecular weight excluding hydrogens is 538 g/mol. The number of amides is 1. The minimum atomic E-state index is -0.448. The van der Waals surface area contributed by atoms with Gasteiger partial charge in [-0.25, -0.2) is 5.43 Å². The molecular formula is C28H22BrN3O5. The molecule has 0 saturated heterocycles. The summed E-state index contributed by atoms with van der Waals surface area (Å²) in [4.78, 5) is 23.2. The Balaban J connectivity index is 1.41. The van der Waals surface area contributed by atoms with Crippen molar-refractivity contribution in [1.82, 2.24) is 5.43 Å². The van der Waals surface area contributed by atoms with Crippen molar-refractivity contribution < 1.29 is 19.2 Å². The molecule has 1 amide bonds. The summed E-state index contributed by atoms with van der Waals surface area (Å²) in [5.74, 6) is 0.572. The van der Waals surface area contributed by atoms with Gasteiger partial charge in [-0.3, -0.25) is 14.9 Å². The molecule has 0 unspecified atom stereocenters. The van der Waals surface area contributed by atoms with Gasteiger partial charge in [0.2, 0.25) is 0 Å². The van der Waals surface area contributed by atoms with Crippen molar-refractivity contribution in [2.75, 3.05) is 0 Å². The van der Waals surface area contributed by atoms with Crippen molar-refractivity contribution in [3.63, 3.8) is 0 Å². The summed E-state index contributed by atoms with van der Waals surface area (Å²) >= 11 is 3.43. The molecule has 0 aliphatic carbocycles. The van der Waals surface area contributed by atoms with Gasteiger partial charge in [0.15, 0.2) is 0 Å². The highest BCUT2D eigenvalue weighted by Crippen LogP contribution is 2.24. The number of hydrazone groups is 1. The number of carbonyl (C=O) groups is 1. The molecule has 0 saturated carbocycles. The van der Waals surface area contributed by atoms with Gasteiger partial charge in [-0.15, -0.1) is 0 Å². The van der Waals surface area contributed by atoms with Gasteiger partial charge in [0, 0.05) is 22.2 Å². The molecule has 37 heavy (non-hydrogen) atoms. The molecule has 1 N–H and O–H groups in total. The number of non-ortho nitro benzene ring substituents is 1. The zero-order valence-corrected chi connectivity index (χ0v) is 21.1. The predicted molar refractivity (Wildman–Crippen MR) is 144 cm³/mol. The molecule has 0 aliphatic rings. The number of para-hydroxylation sites is 1. The van der Waals surface area contributed by atoms with Crippen LogP contribution < -0.4 is 14.9 Å². The van der Waals surface area contributed by atoms with E-state index in [4.69, 9.17) is 9.47 Å². The van der Waals surface area contributed by atoms with Crippen LogP contribution >= 0.6 is 15.9 Å². The highest BCUT2D eigenvalue weighted by molar-refractivity contribution is 9.10. The lowest BCUT2D eigenvalue weighted by Gasteiger charge is -2.11. The second-order valence-electron chi connectivity index (χ2n) is 7.86. The molecule has 0 aliphatic heterocycles. The molecule has 9 heteroatoms. The summed E-state index contributed by atoms with van der Waals surface area (Å²) in [6.07, 6.45) is 1.49. The first-order chi connectivity index (χ1) is 18.0. The number of hydrogen-bond donors (Lipinski definition) is 1. The van der Waals surface area contributed by atoms with Gasteiger partial charge in [-0.1, -0.05) is 58.4 Å². The van der Waals surface area contributed by atoms with Gasteiger partial charge in [-0.05, 0) is 53.6 Å². The third kappa shape index (κ3) is 7.25. The molecule has 0 bridgehead atoms. The highest BCUT2D eigenvalue weighted by Gasteiger charge is 2.12. The molecule has 0 heterocycles. The zero-order chi connectivity index (χ0) is 26.0. The molecule has 0 atom stereocenters. The second kappa shape index (κ2) is 12.5. The van der Waals surface area contributed by atoms with Gasteiger partial charge in [-0.2, -0.15) is 5.10 Å².